The first-order chi connectivity index (χ1) is 8.51. The van der Waals surface area contributed by atoms with Gasteiger partial charge in [0.1, 0.15) is 5.60 Å². The van der Waals surface area contributed by atoms with Gasteiger partial charge in [0, 0.05) is 13.6 Å². The van der Waals surface area contributed by atoms with Crippen LogP contribution in [0.3, 0.4) is 0 Å². The molecule has 0 saturated heterocycles. The summed E-state index contributed by atoms with van der Waals surface area (Å²) in [4.78, 5) is 13.3. The van der Waals surface area contributed by atoms with E-state index in [9.17, 15) is 4.79 Å². The molecule has 0 spiro atoms. The zero-order chi connectivity index (χ0) is 15.1. The Balaban J connectivity index is 3.64. The van der Waals surface area contributed by atoms with E-state index in [0.717, 1.165) is 32.5 Å². The van der Waals surface area contributed by atoms with E-state index >= 15 is 0 Å². The van der Waals surface area contributed by atoms with Crippen LogP contribution in [0.25, 0.3) is 0 Å². The lowest BCUT2D eigenvalue weighted by atomic mass is 9.92. The van der Waals surface area contributed by atoms with Crippen molar-refractivity contribution < 1.29 is 9.53 Å². The summed E-state index contributed by atoms with van der Waals surface area (Å²) in [5.41, 5.74) is -0.0450. The molecule has 0 heterocycles. The first kappa shape index (κ1) is 18.2. The molecule has 0 unspecified atom stereocenters. The van der Waals surface area contributed by atoms with Gasteiger partial charge in [0.05, 0.1) is 0 Å². The monoisotopic (exact) mass is 272 g/mol. The standard InChI is InChI=1S/C15H32N2O2/c1-14(2,3)9-11-16-10-8-12-17(7)13(18)19-15(4,5)6/h16H,8-12H2,1-7H3. The summed E-state index contributed by atoms with van der Waals surface area (Å²) in [6.07, 6.45) is 1.86. The number of carbonyl (C=O) groups is 1. The number of amides is 1. The SMILES string of the molecule is CN(CCCNCCC(C)(C)C)C(=O)OC(C)(C)C. The Morgan fingerprint density at radius 2 is 1.68 bits per heavy atom. The van der Waals surface area contributed by atoms with E-state index in [1.807, 2.05) is 20.8 Å². The molecule has 0 radical (unpaired) electrons. The lowest BCUT2D eigenvalue weighted by Crippen LogP contribution is -2.35. The highest BCUT2D eigenvalue weighted by atomic mass is 16.6. The highest BCUT2D eigenvalue weighted by Gasteiger charge is 2.19. The van der Waals surface area contributed by atoms with Crippen LogP contribution >= 0.6 is 0 Å². The second-order valence-corrected chi connectivity index (χ2v) is 7.32. The predicted molar refractivity (Wildman–Crippen MR) is 80.4 cm³/mol. The highest BCUT2D eigenvalue weighted by Crippen LogP contribution is 2.16. The summed E-state index contributed by atoms with van der Waals surface area (Å²) < 4.78 is 5.29. The van der Waals surface area contributed by atoms with Crippen LogP contribution in [-0.2, 0) is 4.74 Å². The van der Waals surface area contributed by atoms with Gasteiger partial charge in [0.2, 0.25) is 0 Å². The van der Waals surface area contributed by atoms with Gasteiger partial charge in [0.15, 0.2) is 0 Å². The average molecular weight is 272 g/mol. The Morgan fingerprint density at radius 1 is 1.11 bits per heavy atom. The quantitative estimate of drug-likeness (QED) is 0.755. The Morgan fingerprint density at radius 3 is 2.16 bits per heavy atom. The second-order valence-electron chi connectivity index (χ2n) is 7.32. The van der Waals surface area contributed by atoms with Crippen LogP contribution in [-0.4, -0.2) is 43.3 Å². The molecule has 0 aliphatic carbocycles. The zero-order valence-electron chi connectivity index (χ0n) is 13.8. The van der Waals surface area contributed by atoms with Crippen molar-refractivity contribution >= 4 is 6.09 Å². The normalized spacial score (nSPS) is 12.4. The second kappa shape index (κ2) is 7.73. The van der Waals surface area contributed by atoms with Crippen LogP contribution in [0.5, 0.6) is 0 Å². The van der Waals surface area contributed by atoms with Crippen LogP contribution in [0, 0.1) is 5.41 Å². The minimum Gasteiger partial charge on any atom is -0.444 e. The number of nitrogens with one attached hydrogen (secondary N) is 1. The maximum atomic E-state index is 11.7. The first-order valence-corrected chi connectivity index (χ1v) is 7.16. The molecular weight excluding hydrogens is 240 g/mol. The Bertz CT molecular complexity index is 264. The van der Waals surface area contributed by atoms with Crippen LogP contribution in [0.2, 0.25) is 0 Å². The maximum absolute atomic E-state index is 11.7. The maximum Gasteiger partial charge on any atom is 0.410 e. The minimum absolute atomic E-state index is 0.248. The first-order valence-electron chi connectivity index (χ1n) is 7.16. The number of carbonyl (C=O) groups excluding carboxylic acids is 1. The molecule has 0 aromatic carbocycles. The van der Waals surface area contributed by atoms with Crippen LogP contribution < -0.4 is 5.32 Å². The number of rotatable bonds is 6. The van der Waals surface area contributed by atoms with Gasteiger partial charge in [-0.1, -0.05) is 20.8 Å². The van der Waals surface area contributed by atoms with Crippen molar-refractivity contribution in [1.29, 1.82) is 0 Å². The molecule has 0 aliphatic rings. The average Bonchev–Trinajstić information content (AvgIpc) is 2.18. The molecule has 0 saturated carbocycles. The smallest absolute Gasteiger partial charge is 0.410 e. The number of ether oxygens (including phenoxy) is 1. The fourth-order valence-corrected chi connectivity index (χ4v) is 1.46. The minimum atomic E-state index is -0.420. The van der Waals surface area contributed by atoms with Gasteiger partial charge in [-0.3, -0.25) is 0 Å². The van der Waals surface area contributed by atoms with Gasteiger partial charge in [-0.2, -0.15) is 0 Å². The molecule has 0 aliphatic heterocycles. The van der Waals surface area contributed by atoms with Crippen molar-refractivity contribution in [1.82, 2.24) is 10.2 Å². The summed E-state index contributed by atoms with van der Waals surface area (Å²) in [5, 5.41) is 3.41. The van der Waals surface area contributed by atoms with E-state index < -0.39 is 5.60 Å². The van der Waals surface area contributed by atoms with E-state index in [-0.39, 0.29) is 6.09 Å². The molecule has 0 rings (SSSR count). The lowest BCUT2D eigenvalue weighted by molar-refractivity contribution is 0.0297. The van der Waals surface area contributed by atoms with Gasteiger partial charge < -0.3 is 15.0 Å². The van der Waals surface area contributed by atoms with Gasteiger partial charge in [0.25, 0.3) is 0 Å². The van der Waals surface area contributed by atoms with Gasteiger partial charge in [-0.05, 0) is 52.1 Å². The molecule has 19 heavy (non-hydrogen) atoms. The molecule has 0 bridgehead atoms. The van der Waals surface area contributed by atoms with Gasteiger partial charge in [-0.15, -0.1) is 0 Å². The Hall–Kier alpha value is -0.770. The molecule has 0 atom stereocenters. The third-order valence-corrected chi connectivity index (χ3v) is 2.60. The Kier molecular flexibility index (Phi) is 7.42. The number of nitrogens with zero attached hydrogens (tertiary/aromatic N) is 1. The molecule has 0 aromatic rings. The number of hydrogen-bond acceptors (Lipinski definition) is 3. The molecule has 0 fully saturated rings. The molecule has 4 heteroatoms. The van der Waals surface area contributed by atoms with E-state index in [1.165, 1.54) is 0 Å². The zero-order valence-corrected chi connectivity index (χ0v) is 13.8. The van der Waals surface area contributed by atoms with Crippen LogP contribution in [0.4, 0.5) is 4.79 Å². The molecule has 4 nitrogen and oxygen atoms in total. The van der Waals surface area contributed by atoms with Crippen molar-refractivity contribution in [2.75, 3.05) is 26.7 Å². The van der Waals surface area contributed by atoms with E-state index in [2.05, 4.69) is 26.1 Å². The summed E-state index contributed by atoms with van der Waals surface area (Å²) in [6.45, 7) is 15.0. The third-order valence-electron chi connectivity index (χ3n) is 2.60. The van der Waals surface area contributed by atoms with E-state index in [0.29, 0.717) is 5.41 Å². The molecule has 0 aromatic heterocycles. The van der Waals surface area contributed by atoms with Crippen molar-refractivity contribution in [3.05, 3.63) is 0 Å². The fourth-order valence-electron chi connectivity index (χ4n) is 1.46. The number of hydrogen-bond donors (Lipinski definition) is 1. The van der Waals surface area contributed by atoms with E-state index in [4.69, 9.17) is 4.74 Å². The lowest BCUT2D eigenvalue weighted by Gasteiger charge is -2.24. The van der Waals surface area contributed by atoms with Gasteiger partial charge in [-0.25, -0.2) is 4.79 Å². The fraction of sp³-hybridized carbons (Fsp3) is 0.933. The van der Waals surface area contributed by atoms with Crippen molar-refractivity contribution in [3.63, 3.8) is 0 Å². The van der Waals surface area contributed by atoms with Crippen LogP contribution in [0.1, 0.15) is 54.4 Å². The third kappa shape index (κ3) is 12.0. The van der Waals surface area contributed by atoms with Crippen molar-refractivity contribution in [2.24, 2.45) is 5.41 Å². The Labute approximate surface area is 118 Å². The summed E-state index contributed by atoms with van der Waals surface area (Å²) >= 11 is 0. The summed E-state index contributed by atoms with van der Waals surface area (Å²) in [7, 11) is 1.78. The molecule has 1 N–H and O–H groups in total. The van der Waals surface area contributed by atoms with Crippen molar-refractivity contribution in [2.45, 2.75) is 60.0 Å². The van der Waals surface area contributed by atoms with Gasteiger partial charge >= 0.3 is 6.09 Å². The van der Waals surface area contributed by atoms with Crippen LogP contribution in [0.15, 0.2) is 0 Å². The highest BCUT2D eigenvalue weighted by molar-refractivity contribution is 5.67. The molecule has 114 valence electrons. The largest absolute Gasteiger partial charge is 0.444 e. The summed E-state index contributed by atoms with van der Waals surface area (Å²) in [5.74, 6) is 0. The van der Waals surface area contributed by atoms with E-state index in [1.54, 1.807) is 11.9 Å². The molecular formula is C15H32N2O2. The van der Waals surface area contributed by atoms with Crippen molar-refractivity contribution in [3.8, 4) is 0 Å². The topological polar surface area (TPSA) is 41.6 Å². The molecule has 1 amide bonds. The predicted octanol–water partition coefficient (Wildman–Crippen LogP) is 3.27. The summed E-state index contributed by atoms with van der Waals surface area (Å²) in [6, 6.07) is 0.